The van der Waals surface area contributed by atoms with Crippen molar-refractivity contribution >= 4 is 5.78 Å². The summed E-state index contributed by atoms with van der Waals surface area (Å²) in [5, 5.41) is 0. The van der Waals surface area contributed by atoms with Crippen LogP contribution in [0.15, 0.2) is 48.5 Å². The highest BCUT2D eigenvalue weighted by atomic mass is 19.4. The van der Waals surface area contributed by atoms with Crippen LogP contribution >= 0.6 is 0 Å². The normalized spacial score (nSPS) is 11.2. The quantitative estimate of drug-likeness (QED) is 0.787. The summed E-state index contributed by atoms with van der Waals surface area (Å²) in [6.07, 6.45) is -4.38. The fraction of sp³-hybridized carbons (Fsp3) is 0.188. The molecule has 0 radical (unpaired) electrons. The molecule has 2 nitrogen and oxygen atoms in total. The Hall–Kier alpha value is -2.30. The monoisotopic (exact) mass is 294 g/mol. The van der Waals surface area contributed by atoms with Crippen molar-refractivity contribution in [3.63, 3.8) is 0 Å². The van der Waals surface area contributed by atoms with E-state index in [0.29, 0.717) is 5.56 Å². The second-order valence-corrected chi connectivity index (χ2v) is 4.60. The molecule has 5 heteroatoms. The van der Waals surface area contributed by atoms with Gasteiger partial charge in [-0.2, -0.15) is 13.2 Å². The fourth-order valence-corrected chi connectivity index (χ4v) is 1.71. The number of rotatable bonds is 4. The van der Waals surface area contributed by atoms with Crippen molar-refractivity contribution in [2.24, 2.45) is 0 Å². The third kappa shape index (κ3) is 4.08. The largest absolute Gasteiger partial charge is 0.485 e. The zero-order chi connectivity index (χ0) is 15.5. The molecular weight excluding hydrogens is 281 g/mol. The summed E-state index contributed by atoms with van der Waals surface area (Å²) in [6, 6.07) is 11.2. The molecule has 0 aliphatic heterocycles. The Bertz CT molecular complexity index is 613. The van der Waals surface area contributed by atoms with Gasteiger partial charge in [0, 0.05) is 5.56 Å². The van der Waals surface area contributed by atoms with Crippen molar-refractivity contribution in [3.05, 3.63) is 65.2 Å². The van der Waals surface area contributed by atoms with E-state index in [4.69, 9.17) is 4.74 Å². The van der Waals surface area contributed by atoms with E-state index >= 15 is 0 Å². The van der Waals surface area contributed by atoms with Crippen molar-refractivity contribution < 1.29 is 22.7 Å². The third-order valence-electron chi connectivity index (χ3n) is 2.93. The van der Waals surface area contributed by atoms with Crippen LogP contribution in [0.4, 0.5) is 13.2 Å². The average molecular weight is 294 g/mol. The van der Waals surface area contributed by atoms with E-state index in [0.717, 1.165) is 17.7 Å². The SMILES string of the molecule is Cc1ccc(C(=O)COc2ccc(C(F)(F)F)cc2)cc1. The molecule has 0 aliphatic rings. The van der Waals surface area contributed by atoms with Crippen LogP contribution in [0.1, 0.15) is 21.5 Å². The van der Waals surface area contributed by atoms with E-state index in [-0.39, 0.29) is 18.1 Å². The summed E-state index contributed by atoms with van der Waals surface area (Å²) in [4.78, 5) is 11.9. The van der Waals surface area contributed by atoms with Crippen LogP contribution in [0.3, 0.4) is 0 Å². The Kier molecular flexibility index (Phi) is 4.31. The van der Waals surface area contributed by atoms with Crippen LogP contribution in [0.25, 0.3) is 0 Å². The molecule has 0 amide bonds. The van der Waals surface area contributed by atoms with Gasteiger partial charge in [-0.15, -0.1) is 0 Å². The summed E-state index contributed by atoms with van der Waals surface area (Å²) in [6.45, 7) is 1.70. The molecule has 0 N–H and O–H groups in total. The van der Waals surface area contributed by atoms with Gasteiger partial charge in [-0.25, -0.2) is 0 Å². The highest BCUT2D eigenvalue weighted by Crippen LogP contribution is 2.30. The molecule has 2 aromatic carbocycles. The molecule has 0 fully saturated rings. The number of benzene rings is 2. The lowest BCUT2D eigenvalue weighted by molar-refractivity contribution is -0.137. The molecule has 0 heterocycles. The number of hydrogen-bond acceptors (Lipinski definition) is 2. The zero-order valence-electron chi connectivity index (χ0n) is 11.3. The van der Waals surface area contributed by atoms with Gasteiger partial charge in [0.1, 0.15) is 5.75 Å². The van der Waals surface area contributed by atoms with Gasteiger partial charge in [-0.05, 0) is 31.2 Å². The van der Waals surface area contributed by atoms with Crippen molar-refractivity contribution in [1.82, 2.24) is 0 Å². The van der Waals surface area contributed by atoms with Crippen LogP contribution in [0, 0.1) is 6.92 Å². The van der Waals surface area contributed by atoms with Crippen LogP contribution in [-0.2, 0) is 6.18 Å². The summed E-state index contributed by atoms with van der Waals surface area (Å²) in [7, 11) is 0. The minimum Gasteiger partial charge on any atom is -0.485 e. The number of halogens is 3. The lowest BCUT2D eigenvalue weighted by atomic mass is 10.1. The van der Waals surface area contributed by atoms with Gasteiger partial charge in [-0.1, -0.05) is 29.8 Å². The maximum Gasteiger partial charge on any atom is 0.416 e. The highest BCUT2D eigenvalue weighted by molar-refractivity contribution is 5.97. The molecule has 0 aliphatic carbocycles. The summed E-state index contributed by atoms with van der Waals surface area (Å²) in [5.41, 5.74) is 0.794. The second kappa shape index (κ2) is 5.99. The first kappa shape index (κ1) is 15.1. The minimum absolute atomic E-state index is 0.214. The summed E-state index contributed by atoms with van der Waals surface area (Å²) in [5.74, 6) is -0.00152. The van der Waals surface area contributed by atoms with Gasteiger partial charge in [0.05, 0.1) is 5.56 Å². The van der Waals surface area contributed by atoms with Crippen molar-refractivity contribution in [2.75, 3.05) is 6.61 Å². The number of carbonyl (C=O) groups excluding carboxylic acids is 1. The Morgan fingerprint density at radius 1 is 1.00 bits per heavy atom. The topological polar surface area (TPSA) is 26.3 Å². The maximum atomic E-state index is 12.4. The first-order valence-corrected chi connectivity index (χ1v) is 6.26. The lowest BCUT2D eigenvalue weighted by Gasteiger charge is -2.09. The number of Topliss-reactive ketones (excluding diaryl/α,β-unsaturated/α-hetero) is 1. The Morgan fingerprint density at radius 3 is 2.10 bits per heavy atom. The number of hydrogen-bond donors (Lipinski definition) is 0. The van der Waals surface area contributed by atoms with E-state index < -0.39 is 11.7 Å². The number of alkyl halides is 3. The number of aryl methyl sites for hydroxylation is 1. The maximum absolute atomic E-state index is 12.4. The third-order valence-corrected chi connectivity index (χ3v) is 2.93. The number of ether oxygens (including phenoxy) is 1. The van der Waals surface area contributed by atoms with Crippen LogP contribution in [0.5, 0.6) is 5.75 Å². The van der Waals surface area contributed by atoms with E-state index in [1.54, 1.807) is 12.1 Å². The smallest absolute Gasteiger partial charge is 0.416 e. The van der Waals surface area contributed by atoms with Crippen LogP contribution in [0.2, 0.25) is 0 Å². The predicted octanol–water partition coefficient (Wildman–Crippen LogP) is 4.28. The van der Waals surface area contributed by atoms with Crippen LogP contribution < -0.4 is 4.74 Å². The zero-order valence-corrected chi connectivity index (χ0v) is 11.3. The second-order valence-electron chi connectivity index (χ2n) is 4.60. The molecule has 0 bridgehead atoms. The van der Waals surface area contributed by atoms with Gasteiger partial charge in [0.25, 0.3) is 0 Å². The molecule has 0 spiro atoms. The number of ketones is 1. The molecular formula is C16H13F3O2. The molecule has 0 saturated carbocycles. The van der Waals surface area contributed by atoms with Gasteiger partial charge in [0.15, 0.2) is 12.4 Å². The first-order chi connectivity index (χ1) is 9.86. The van der Waals surface area contributed by atoms with Gasteiger partial charge < -0.3 is 4.74 Å². The van der Waals surface area contributed by atoms with Gasteiger partial charge in [-0.3, -0.25) is 4.79 Å². The minimum atomic E-state index is -4.38. The summed E-state index contributed by atoms with van der Waals surface area (Å²) < 4.78 is 42.4. The lowest BCUT2D eigenvalue weighted by Crippen LogP contribution is -2.11. The van der Waals surface area contributed by atoms with Crippen molar-refractivity contribution in [1.29, 1.82) is 0 Å². The molecule has 0 unspecified atom stereocenters. The molecule has 2 rings (SSSR count). The van der Waals surface area contributed by atoms with E-state index in [1.807, 2.05) is 19.1 Å². The average Bonchev–Trinajstić information content (AvgIpc) is 2.45. The standard InChI is InChI=1S/C16H13F3O2/c1-11-2-4-12(5-3-11)15(20)10-21-14-8-6-13(7-9-14)16(17,18)19/h2-9H,10H2,1H3. The molecule has 21 heavy (non-hydrogen) atoms. The van der Waals surface area contributed by atoms with Gasteiger partial charge >= 0.3 is 6.18 Å². The Morgan fingerprint density at radius 2 is 1.57 bits per heavy atom. The van der Waals surface area contributed by atoms with E-state index in [2.05, 4.69) is 0 Å². The first-order valence-electron chi connectivity index (χ1n) is 6.26. The molecule has 0 atom stereocenters. The molecule has 0 aromatic heterocycles. The van der Waals surface area contributed by atoms with E-state index in [9.17, 15) is 18.0 Å². The molecule has 110 valence electrons. The van der Waals surface area contributed by atoms with Crippen molar-refractivity contribution in [2.45, 2.75) is 13.1 Å². The van der Waals surface area contributed by atoms with E-state index in [1.165, 1.54) is 12.1 Å². The molecule has 0 saturated heterocycles. The van der Waals surface area contributed by atoms with Gasteiger partial charge in [0.2, 0.25) is 0 Å². The summed E-state index contributed by atoms with van der Waals surface area (Å²) >= 11 is 0. The van der Waals surface area contributed by atoms with Crippen LogP contribution in [-0.4, -0.2) is 12.4 Å². The highest BCUT2D eigenvalue weighted by Gasteiger charge is 2.30. The number of carbonyl (C=O) groups is 1. The Labute approximate surface area is 120 Å². The predicted molar refractivity (Wildman–Crippen MR) is 72.4 cm³/mol. The molecule has 2 aromatic rings. The van der Waals surface area contributed by atoms with Crippen molar-refractivity contribution in [3.8, 4) is 5.75 Å². The fourth-order valence-electron chi connectivity index (χ4n) is 1.71. The Balaban J connectivity index is 1.97.